The minimum atomic E-state index is -0.167. The zero-order chi connectivity index (χ0) is 12.5. The van der Waals surface area contributed by atoms with Crippen LogP contribution in [0.1, 0.15) is 13.3 Å². The molecule has 0 radical (unpaired) electrons. The molecular formula is C13H17N3O2. The number of hydrogen-bond acceptors (Lipinski definition) is 3. The van der Waals surface area contributed by atoms with Gasteiger partial charge in [0.1, 0.15) is 0 Å². The maximum atomic E-state index is 11.2. The third-order valence-electron chi connectivity index (χ3n) is 3.58. The molecule has 2 aromatic rings. The molecule has 3 N–H and O–H groups in total. The molecule has 5 heteroatoms. The summed E-state index contributed by atoms with van der Waals surface area (Å²) in [6.45, 7) is 3.86. The molecule has 1 fully saturated rings. The van der Waals surface area contributed by atoms with Crippen LogP contribution < -0.4 is 11.0 Å². The Labute approximate surface area is 105 Å². The zero-order valence-corrected chi connectivity index (χ0v) is 10.3. The number of aromatic nitrogens is 2. The number of ether oxygens (including phenoxy) is 1. The molecule has 96 valence electrons. The van der Waals surface area contributed by atoms with Crippen LogP contribution in [0, 0.1) is 5.92 Å². The molecule has 0 bridgehead atoms. The van der Waals surface area contributed by atoms with Gasteiger partial charge in [-0.2, -0.15) is 0 Å². The first-order valence-corrected chi connectivity index (χ1v) is 6.29. The molecule has 0 spiro atoms. The molecule has 2 unspecified atom stereocenters. The van der Waals surface area contributed by atoms with E-state index in [9.17, 15) is 4.79 Å². The van der Waals surface area contributed by atoms with E-state index in [1.165, 1.54) is 0 Å². The van der Waals surface area contributed by atoms with Crippen molar-refractivity contribution in [3.8, 4) is 0 Å². The van der Waals surface area contributed by atoms with Gasteiger partial charge in [0.05, 0.1) is 17.6 Å². The molecule has 1 aliphatic rings. The van der Waals surface area contributed by atoms with Crippen LogP contribution in [0.2, 0.25) is 0 Å². The van der Waals surface area contributed by atoms with Gasteiger partial charge in [0.2, 0.25) is 0 Å². The number of fused-ring (bicyclic) bond motifs is 1. The van der Waals surface area contributed by atoms with E-state index in [1.807, 2.05) is 18.2 Å². The molecule has 2 atom stereocenters. The highest BCUT2D eigenvalue weighted by molar-refractivity contribution is 5.78. The van der Waals surface area contributed by atoms with Gasteiger partial charge < -0.3 is 20.0 Å². The highest BCUT2D eigenvalue weighted by atomic mass is 16.5. The molecular weight excluding hydrogens is 230 g/mol. The van der Waals surface area contributed by atoms with E-state index < -0.39 is 0 Å². The third-order valence-corrected chi connectivity index (χ3v) is 3.58. The van der Waals surface area contributed by atoms with Crippen LogP contribution in [0.3, 0.4) is 0 Å². The number of nitrogens with one attached hydrogen (secondary N) is 3. The van der Waals surface area contributed by atoms with Gasteiger partial charge in [-0.15, -0.1) is 0 Å². The molecule has 1 aromatic carbocycles. The predicted octanol–water partition coefficient (Wildman–Crippen LogP) is 1.69. The first-order chi connectivity index (χ1) is 8.72. The van der Waals surface area contributed by atoms with E-state index in [0.717, 1.165) is 36.4 Å². The molecule has 0 aliphatic carbocycles. The quantitative estimate of drug-likeness (QED) is 0.773. The lowest BCUT2D eigenvalue weighted by Crippen LogP contribution is -2.26. The van der Waals surface area contributed by atoms with Crippen LogP contribution >= 0.6 is 0 Å². The summed E-state index contributed by atoms with van der Waals surface area (Å²) in [6, 6.07) is 6.22. The Bertz CT molecular complexity index is 596. The normalized spacial score (nSPS) is 21.3. The summed E-state index contributed by atoms with van der Waals surface area (Å²) in [7, 11) is 0. The molecule has 3 rings (SSSR count). The van der Waals surface area contributed by atoms with Crippen LogP contribution in [0.4, 0.5) is 5.69 Å². The van der Waals surface area contributed by atoms with E-state index in [0.29, 0.717) is 12.0 Å². The lowest BCUT2D eigenvalue weighted by molar-refractivity contribution is 0.183. The number of hydrogen-bond donors (Lipinski definition) is 3. The predicted molar refractivity (Wildman–Crippen MR) is 70.9 cm³/mol. The SMILES string of the molecule is CC(Nc1ccc2[nH]c(=O)[nH]c2c1)C1CCOC1. The van der Waals surface area contributed by atoms with Crippen molar-refractivity contribution >= 4 is 16.7 Å². The Morgan fingerprint density at radius 2 is 2.22 bits per heavy atom. The highest BCUT2D eigenvalue weighted by Gasteiger charge is 2.22. The Morgan fingerprint density at radius 1 is 1.39 bits per heavy atom. The van der Waals surface area contributed by atoms with Crippen molar-refractivity contribution in [3.05, 3.63) is 28.7 Å². The van der Waals surface area contributed by atoms with E-state index >= 15 is 0 Å². The van der Waals surface area contributed by atoms with E-state index in [-0.39, 0.29) is 5.69 Å². The second-order valence-corrected chi connectivity index (χ2v) is 4.90. The van der Waals surface area contributed by atoms with Crippen molar-refractivity contribution in [2.24, 2.45) is 5.92 Å². The Morgan fingerprint density at radius 3 is 3.00 bits per heavy atom. The fourth-order valence-corrected chi connectivity index (χ4v) is 2.45. The van der Waals surface area contributed by atoms with Crippen LogP contribution in [0.25, 0.3) is 11.0 Å². The molecule has 0 amide bonds. The van der Waals surface area contributed by atoms with Gasteiger partial charge in [-0.3, -0.25) is 0 Å². The van der Waals surface area contributed by atoms with Crippen LogP contribution in [0.5, 0.6) is 0 Å². The minimum Gasteiger partial charge on any atom is -0.382 e. The molecule has 18 heavy (non-hydrogen) atoms. The maximum absolute atomic E-state index is 11.2. The summed E-state index contributed by atoms with van der Waals surface area (Å²) in [4.78, 5) is 16.7. The van der Waals surface area contributed by atoms with E-state index in [2.05, 4.69) is 22.2 Å². The zero-order valence-electron chi connectivity index (χ0n) is 10.3. The second kappa shape index (κ2) is 4.49. The lowest BCUT2D eigenvalue weighted by atomic mass is 10.0. The van der Waals surface area contributed by atoms with Gasteiger partial charge in [0, 0.05) is 24.3 Å². The largest absolute Gasteiger partial charge is 0.382 e. The summed E-state index contributed by atoms with van der Waals surface area (Å²) in [5.74, 6) is 0.561. The molecule has 1 aliphatic heterocycles. The smallest absolute Gasteiger partial charge is 0.323 e. The van der Waals surface area contributed by atoms with Crippen molar-refractivity contribution in [1.82, 2.24) is 9.97 Å². The van der Waals surface area contributed by atoms with Crippen molar-refractivity contribution in [2.75, 3.05) is 18.5 Å². The fraction of sp³-hybridized carbons (Fsp3) is 0.462. The van der Waals surface area contributed by atoms with Gasteiger partial charge in [0.15, 0.2) is 0 Å². The number of benzene rings is 1. The number of aromatic amines is 2. The third kappa shape index (κ3) is 2.13. The Kier molecular flexibility index (Phi) is 2.83. The molecule has 2 heterocycles. The Balaban J connectivity index is 1.79. The number of rotatable bonds is 3. The van der Waals surface area contributed by atoms with Gasteiger partial charge in [-0.25, -0.2) is 4.79 Å². The van der Waals surface area contributed by atoms with Crippen molar-refractivity contribution in [2.45, 2.75) is 19.4 Å². The first kappa shape index (κ1) is 11.3. The molecule has 1 saturated heterocycles. The highest BCUT2D eigenvalue weighted by Crippen LogP contribution is 2.21. The van der Waals surface area contributed by atoms with Crippen molar-refractivity contribution < 1.29 is 4.74 Å². The summed E-state index contributed by atoms with van der Waals surface area (Å²) < 4.78 is 5.40. The summed E-state index contributed by atoms with van der Waals surface area (Å²) in [6.07, 6.45) is 1.11. The average Bonchev–Trinajstić information content (AvgIpc) is 2.95. The van der Waals surface area contributed by atoms with Gasteiger partial charge in [0.25, 0.3) is 0 Å². The van der Waals surface area contributed by atoms with E-state index in [1.54, 1.807) is 0 Å². The van der Waals surface area contributed by atoms with Gasteiger partial charge in [-0.1, -0.05) is 0 Å². The van der Waals surface area contributed by atoms with Gasteiger partial charge in [-0.05, 0) is 31.5 Å². The van der Waals surface area contributed by atoms with E-state index in [4.69, 9.17) is 4.74 Å². The first-order valence-electron chi connectivity index (χ1n) is 6.29. The molecule has 1 aromatic heterocycles. The van der Waals surface area contributed by atoms with Crippen molar-refractivity contribution in [3.63, 3.8) is 0 Å². The maximum Gasteiger partial charge on any atom is 0.323 e. The van der Waals surface area contributed by atoms with Crippen LogP contribution in [-0.2, 0) is 4.74 Å². The Hall–Kier alpha value is -1.75. The van der Waals surface area contributed by atoms with Crippen molar-refractivity contribution in [1.29, 1.82) is 0 Å². The molecule has 5 nitrogen and oxygen atoms in total. The minimum absolute atomic E-state index is 0.167. The summed E-state index contributed by atoms with van der Waals surface area (Å²) in [5.41, 5.74) is 2.53. The lowest BCUT2D eigenvalue weighted by Gasteiger charge is -2.20. The van der Waals surface area contributed by atoms with Gasteiger partial charge >= 0.3 is 5.69 Å². The molecule has 0 saturated carbocycles. The fourth-order valence-electron chi connectivity index (χ4n) is 2.45. The van der Waals surface area contributed by atoms with Crippen LogP contribution in [0.15, 0.2) is 23.0 Å². The average molecular weight is 247 g/mol. The topological polar surface area (TPSA) is 69.9 Å². The monoisotopic (exact) mass is 247 g/mol. The van der Waals surface area contributed by atoms with Crippen LogP contribution in [-0.4, -0.2) is 29.2 Å². The number of imidazole rings is 1. The standard InChI is InChI=1S/C13H17N3O2/c1-8(9-4-5-18-7-9)14-10-2-3-11-12(6-10)16-13(17)15-11/h2-3,6,8-9,14H,4-5,7H2,1H3,(H2,15,16,17). The number of H-pyrrole nitrogens is 2. The summed E-state index contributed by atoms with van der Waals surface area (Å²) >= 11 is 0. The number of anilines is 1. The summed E-state index contributed by atoms with van der Waals surface area (Å²) in [5, 5.41) is 3.47. The second-order valence-electron chi connectivity index (χ2n) is 4.90.